The predicted molar refractivity (Wildman–Crippen MR) is 110 cm³/mol. The predicted octanol–water partition coefficient (Wildman–Crippen LogP) is 2.53. The zero-order valence-corrected chi connectivity index (χ0v) is 16.1. The van der Waals surface area contributed by atoms with Gasteiger partial charge in [-0.3, -0.25) is 14.9 Å². The van der Waals surface area contributed by atoms with Crippen LogP contribution in [0.4, 0.5) is 11.4 Å². The Hall–Kier alpha value is -2.86. The van der Waals surface area contributed by atoms with Gasteiger partial charge in [0, 0.05) is 50.5 Å². The van der Waals surface area contributed by atoms with Crippen molar-refractivity contribution in [3.05, 3.63) is 59.7 Å². The fourth-order valence-electron chi connectivity index (χ4n) is 3.94. The smallest absolute Gasteiger partial charge is 0.246 e. The van der Waals surface area contributed by atoms with Crippen LogP contribution in [0.25, 0.3) is 0 Å². The number of fused-ring (bicyclic) bond motifs is 1. The van der Waals surface area contributed by atoms with Crippen LogP contribution in [0, 0.1) is 0 Å². The van der Waals surface area contributed by atoms with Crippen LogP contribution < -0.4 is 15.5 Å². The van der Waals surface area contributed by atoms with Gasteiger partial charge in [-0.25, -0.2) is 0 Å². The first-order chi connectivity index (χ1) is 13.7. The molecule has 4 rings (SSSR count). The monoisotopic (exact) mass is 378 g/mol. The summed E-state index contributed by atoms with van der Waals surface area (Å²) in [7, 11) is 0. The third-order valence-corrected chi connectivity index (χ3v) is 5.56. The van der Waals surface area contributed by atoms with Crippen molar-refractivity contribution in [2.24, 2.45) is 0 Å². The molecule has 6 heteroatoms. The molecule has 0 radical (unpaired) electrons. The third kappa shape index (κ3) is 3.73. The van der Waals surface area contributed by atoms with E-state index in [1.54, 1.807) is 0 Å². The number of nitrogens with one attached hydrogen (secondary N) is 2. The molecule has 0 bridgehead atoms. The summed E-state index contributed by atoms with van der Waals surface area (Å²) in [6, 6.07) is 15.7. The number of anilines is 2. The minimum atomic E-state index is -0.306. The van der Waals surface area contributed by atoms with E-state index in [9.17, 15) is 9.59 Å². The molecule has 0 saturated carbocycles. The van der Waals surface area contributed by atoms with Gasteiger partial charge in [-0.05, 0) is 35.4 Å². The van der Waals surface area contributed by atoms with Crippen LogP contribution in [0.15, 0.2) is 48.5 Å². The second-order valence-electron chi connectivity index (χ2n) is 7.27. The maximum absolute atomic E-state index is 12.7. The minimum Gasteiger partial charge on any atom is -0.368 e. The van der Waals surface area contributed by atoms with E-state index in [0.717, 1.165) is 49.7 Å². The molecule has 1 saturated heterocycles. The molecule has 0 aromatic heterocycles. The number of carbonyl (C=O) groups is 2. The maximum atomic E-state index is 12.7. The number of piperazine rings is 1. The second-order valence-corrected chi connectivity index (χ2v) is 7.27. The van der Waals surface area contributed by atoms with Crippen molar-refractivity contribution in [1.29, 1.82) is 0 Å². The first-order valence-corrected chi connectivity index (χ1v) is 9.90. The van der Waals surface area contributed by atoms with Gasteiger partial charge in [0.15, 0.2) is 0 Å². The molecule has 6 nitrogen and oxygen atoms in total. The molecule has 2 aromatic rings. The molecular weight excluding hydrogens is 352 g/mol. The average molecular weight is 378 g/mol. The summed E-state index contributed by atoms with van der Waals surface area (Å²) >= 11 is 0. The first-order valence-electron chi connectivity index (χ1n) is 9.90. The Morgan fingerprint density at radius 1 is 1.04 bits per heavy atom. The van der Waals surface area contributed by atoms with E-state index >= 15 is 0 Å². The van der Waals surface area contributed by atoms with E-state index in [4.69, 9.17) is 0 Å². The van der Waals surface area contributed by atoms with Crippen molar-refractivity contribution in [2.75, 3.05) is 36.4 Å². The molecule has 2 heterocycles. The van der Waals surface area contributed by atoms with Crippen LogP contribution >= 0.6 is 0 Å². The Morgan fingerprint density at radius 2 is 1.75 bits per heavy atom. The molecular formula is C22H26N4O2. The topological polar surface area (TPSA) is 64.7 Å². The Morgan fingerprint density at radius 3 is 2.46 bits per heavy atom. The van der Waals surface area contributed by atoms with Crippen molar-refractivity contribution < 1.29 is 9.59 Å². The lowest BCUT2D eigenvalue weighted by Crippen LogP contribution is -2.48. The lowest BCUT2D eigenvalue weighted by Gasteiger charge is -2.36. The Kier molecular flexibility index (Phi) is 5.30. The highest BCUT2D eigenvalue weighted by Gasteiger charge is 2.27. The van der Waals surface area contributed by atoms with Crippen LogP contribution in [0.1, 0.15) is 30.5 Å². The molecule has 1 fully saturated rings. The largest absolute Gasteiger partial charge is 0.368 e. The molecule has 28 heavy (non-hydrogen) atoms. The van der Waals surface area contributed by atoms with Gasteiger partial charge in [-0.15, -0.1) is 0 Å². The van der Waals surface area contributed by atoms with Crippen LogP contribution in [0.5, 0.6) is 0 Å². The number of rotatable bonds is 4. The Labute approximate surface area is 165 Å². The molecule has 0 aliphatic carbocycles. The van der Waals surface area contributed by atoms with E-state index < -0.39 is 0 Å². The fraction of sp³-hybridized carbons (Fsp3) is 0.364. The number of benzene rings is 2. The quantitative estimate of drug-likeness (QED) is 0.858. The zero-order chi connectivity index (χ0) is 19.5. The molecule has 1 unspecified atom stereocenters. The standard InChI is InChI=1S/C22H26N4O2/c1-2-20(27)26-13-11-25(12-14-26)18-9-7-17(8-10-18)24-22(28)21-19-6-4-3-5-16(19)15-23-21/h3-10,21,23H,2,11-15H2,1H3,(H,24,28). The van der Waals surface area contributed by atoms with Crippen molar-refractivity contribution >= 4 is 23.2 Å². The van der Waals surface area contributed by atoms with Gasteiger partial charge >= 0.3 is 0 Å². The van der Waals surface area contributed by atoms with Crippen LogP contribution in [-0.4, -0.2) is 42.9 Å². The third-order valence-electron chi connectivity index (χ3n) is 5.56. The number of amides is 2. The van der Waals surface area contributed by atoms with Gasteiger partial charge in [-0.2, -0.15) is 0 Å². The van der Waals surface area contributed by atoms with E-state index in [0.29, 0.717) is 6.42 Å². The number of hydrogen-bond acceptors (Lipinski definition) is 4. The fourth-order valence-corrected chi connectivity index (χ4v) is 3.94. The van der Waals surface area contributed by atoms with Gasteiger partial charge in [0.2, 0.25) is 11.8 Å². The molecule has 0 spiro atoms. The van der Waals surface area contributed by atoms with Gasteiger partial charge in [0.1, 0.15) is 6.04 Å². The lowest BCUT2D eigenvalue weighted by atomic mass is 10.0. The highest BCUT2D eigenvalue weighted by molar-refractivity contribution is 5.96. The average Bonchev–Trinajstić information content (AvgIpc) is 3.18. The number of hydrogen-bond donors (Lipinski definition) is 2. The Bertz CT molecular complexity index is 857. The van der Waals surface area contributed by atoms with E-state index in [2.05, 4.69) is 21.6 Å². The van der Waals surface area contributed by atoms with Gasteiger partial charge in [0.05, 0.1) is 0 Å². The lowest BCUT2D eigenvalue weighted by molar-refractivity contribution is -0.131. The summed E-state index contributed by atoms with van der Waals surface area (Å²) in [6.45, 7) is 5.82. The molecule has 1 atom stereocenters. The van der Waals surface area contributed by atoms with Crippen LogP contribution in [0.2, 0.25) is 0 Å². The normalized spacial score (nSPS) is 18.7. The number of carbonyl (C=O) groups excluding carboxylic acids is 2. The molecule has 2 aromatic carbocycles. The van der Waals surface area contributed by atoms with E-state index in [-0.39, 0.29) is 17.9 Å². The van der Waals surface area contributed by atoms with Crippen LogP contribution in [0.3, 0.4) is 0 Å². The summed E-state index contributed by atoms with van der Waals surface area (Å²) in [5.74, 6) is 0.184. The molecule has 2 amide bonds. The highest BCUT2D eigenvalue weighted by Crippen LogP contribution is 2.26. The number of nitrogens with zero attached hydrogens (tertiary/aromatic N) is 2. The van der Waals surface area contributed by atoms with Crippen molar-refractivity contribution in [3.8, 4) is 0 Å². The highest BCUT2D eigenvalue weighted by atomic mass is 16.2. The van der Waals surface area contributed by atoms with Crippen molar-refractivity contribution in [3.63, 3.8) is 0 Å². The van der Waals surface area contributed by atoms with Crippen molar-refractivity contribution in [1.82, 2.24) is 10.2 Å². The van der Waals surface area contributed by atoms with Gasteiger partial charge < -0.3 is 15.1 Å². The minimum absolute atomic E-state index is 0.0376. The summed E-state index contributed by atoms with van der Waals surface area (Å²) in [6.07, 6.45) is 0.564. The summed E-state index contributed by atoms with van der Waals surface area (Å²) in [5.41, 5.74) is 4.14. The van der Waals surface area contributed by atoms with Gasteiger partial charge in [0.25, 0.3) is 0 Å². The zero-order valence-electron chi connectivity index (χ0n) is 16.1. The maximum Gasteiger partial charge on any atom is 0.246 e. The van der Waals surface area contributed by atoms with E-state index in [1.807, 2.05) is 54.3 Å². The summed E-state index contributed by atoms with van der Waals surface area (Å²) in [4.78, 5) is 28.7. The summed E-state index contributed by atoms with van der Waals surface area (Å²) in [5, 5.41) is 6.28. The summed E-state index contributed by atoms with van der Waals surface area (Å²) < 4.78 is 0. The van der Waals surface area contributed by atoms with Crippen LogP contribution in [-0.2, 0) is 16.1 Å². The first kappa shape index (κ1) is 18.5. The SMILES string of the molecule is CCC(=O)N1CCN(c2ccc(NC(=O)C3NCc4ccccc43)cc2)CC1. The Balaban J connectivity index is 1.35. The molecule has 2 aliphatic heterocycles. The van der Waals surface area contributed by atoms with E-state index in [1.165, 1.54) is 5.56 Å². The molecule has 146 valence electrons. The van der Waals surface area contributed by atoms with Gasteiger partial charge in [-0.1, -0.05) is 31.2 Å². The molecule has 2 aliphatic rings. The second kappa shape index (κ2) is 8.02. The van der Waals surface area contributed by atoms with Crippen molar-refractivity contribution in [2.45, 2.75) is 25.9 Å². The molecule has 2 N–H and O–H groups in total.